The van der Waals surface area contributed by atoms with E-state index in [4.69, 9.17) is 32.7 Å². The minimum atomic E-state index is -0.315. The first-order valence-electron chi connectivity index (χ1n) is 8.09. The number of carbonyl (C=O) groups excluding carboxylic acids is 1. The molecule has 0 saturated heterocycles. The molecule has 5 nitrogen and oxygen atoms in total. The standard InChI is InChI=1S/C20H16Cl2N2O3/c1-13-6-2-4-8-17(13)26-12-19(25)24-16-7-3-5-9-18(16)27-20-15(22)10-14(21)11-23-20/h2-11H,12H2,1H3,(H,24,25). The molecule has 0 radical (unpaired) electrons. The summed E-state index contributed by atoms with van der Waals surface area (Å²) in [6.07, 6.45) is 1.43. The van der Waals surface area contributed by atoms with Crippen molar-refractivity contribution >= 4 is 34.8 Å². The fourth-order valence-electron chi connectivity index (χ4n) is 2.29. The highest BCUT2D eigenvalue weighted by atomic mass is 35.5. The van der Waals surface area contributed by atoms with E-state index in [2.05, 4.69) is 10.3 Å². The number of nitrogens with zero attached hydrogens (tertiary/aromatic N) is 1. The molecule has 1 heterocycles. The number of aromatic nitrogens is 1. The molecule has 0 aliphatic rings. The van der Waals surface area contributed by atoms with Crippen LogP contribution in [0.4, 0.5) is 5.69 Å². The molecular weight excluding hydrogens is 387 g/mol. The van der Waals surface area contributed by atoms with E-state index in [1.165, 1.54) is 12.3 Å². The number of rotatable bonds is 6. The van der Waals surface area contributed by atoms with Crippen molar-refractivity contribution in [3.8, 4) is 17.4 Å². The third-order valence-corrected chi connectivity index (χ3v) is 4.07. The van der Waals surface area contributed by atoms with E-state index in [-0.39, 0.29) is 23.4 Å². The Morgan fingerprint density at radius 2 is 1.78 bits per heavy atom. The van der Waals surface area contributed by atoms with Crippen LogP contribution < -0.4 is 14.8 Å². The largest absolute Gasteiger partial charge is 0.483 e. The SMILES string of the molecule is Cc1ccccc1OCC(=O)Nc1ccccc1Oc1ncc(Cl)cc1Cl. The molecular formula is C20H16Cl2N2O3. The molecule has 3 aromatic rings. The first-order chi connectivity index (χ1) is 13.0. The van der Waals surface area contributed by atoms with Gasteiger partial charge in [0.05, 0.1) is 10.7 Å². The number of carbonyl (C=O) groups is 1. The van der Waals surface area contributed by atoms with Crippen LogP contribution in [0.2, 0.25) is 10.0 Å². The highest BCUT2D eigenvalue weighted by Crippen LogP contribution is 2.33. The molecule has 1 N–H and O–H groups in total. The molecule has 3 rings (SSSR count). The van der Waals surface area contributed by atoms with Gasteiger partial charge in [0.25, 0.3) is 5.91 Å². The lowest BCUT2D eigenvalue weighted by Gasteiger charge is -2.13. The molecule has 0 fully saturated rings. The monoisotopic (exact) mass is 402 g/mol. The lowest BCUT2D eigenvalue weighted by atomic mass is 10.2. The number of hydrogen-bond donors (Lipinski definition) is 1. The summed E-state index contributed by atoms with van der Waals surface area (Å²) < 4.78 is 11.3. The van der Waals surface area contributed by atoms with Crippen molar-refractivity contribution in [3.63, 3.8) is 0 Å². The Hall–Kier alpha value is -2.76. The molecule has 138 valence electrons. The summed E-state index contributed by atoms with van der Waals surface area (Å²) >= 11 is 11.9. The van der Waals surface area contributed by atoms with Crippen molar-refractivity contribution in [1.29, 1.82) is 0 Å². The fourth-order valence-corrected chi connectivity index (χ4v) is 2.71. The molecule has 0 atom stereocenters. The summed E-state index contributed by atoms with van der Waals surface area (Å²) in [4.78, 5) is 16.3. The van der Waals surface area contributed by atoms with E-state index >= 15 is 0 Å². The van der Waals surface area contributed by atoms with Gasteiger partial charge in [-0.25, -0.2) is 4.98 Å². The van der Waals surface area contributed by atoms with Crippen molar-refractivity contribution in [2.24, 2.45) is 0 Å². The Morgan fingerprint density at radius 1 is 1.07 bits per heavy atom. The Balaban J connectivity index is 1.68. The number of aryl methyl sites for hydroxylation is 1. The lowest BCUT2D eigenvalue weighted by Crippen LogP contribution is -2.20. The average Bonchev–Trinajstić information content (AvgIpc) is 2.65. The second-order valence-corrected chi connectivity index (χ2v) is 6.48. The summed E-state index contributed by atoms with van der Waals surface area (Å²) in [6.45, 7) is 1.79. The van der Waals surface area contributed by atoms with Crippen molar-refractivity contribution in [3.05, 3.63) is 76.4 Å². The smallest absolute Gasteiger partial charge is 0.262 e. The van der Waals surface area contributed by atoms with Crippen LogP contribution in [0.5, 0.6) is 17.4 Å². The van der Waals surface area contributed by atoms with Crippen LogP contribution in [0.1, 0.15) is 5.56 Å². The Kier molecular flexibility index (Phi) is 6.16. The zero-order valence-corrected chi connectivity index (χ0v) is 15.9. The zero-order chi connectivity index (χ0) is 19.2. The maximum absolute atomic E-state index is 12.3. The van der Waals surface area contributed by atoms with Crippen LogP contribution in [-0.2, 0) is 4.79 Å². The molecule has 2 aromatic carbocycles. The van der Waals surface area contributed by atoms with Crippen molar-refractivity contribution in [2.45, 2.75) is 6.92 Å². The van der Waals surface area contributed by atoms with E-state index in [1.807, 2.05) is 31.2 Å². The number of para-hydroxylation sites is 3. The molecule has 0 saturated carbocycles. The van der Waals surface area contributed by atoms with Crippen LogP contribution in [-0.4, -0.2) is 17.5 Å². The normalized spacial score (nSPS) is 10.3. The molecule has 27 heavy (non-hydrogen) atoms. The number of pyridine rings is 1. The van der Waals surface area contributed by atoms with E-state index in [0.717, 1.165) is 5.56 Å². The van der Waals surface area contributed by atoms with Gasteiger partial charge in [-0.2, -0.15) is 0 Å². The van der Waals surface area contributed by atoms with Gasteiger partial charge < -0.3 is 14.8 Å². The van der Waals surface area contributed by atoms with Gasteiger partial charge in [0.15, 0.2) is 12.4 Å². The predicted molar refractivity (Wildman–Crippen MR) is 106 cm³/mol. The van der Waals surface area contributed by atoms with E-state index in [0.29, 0.717) is 22.2 Å². The zero-order valence-electron chi connectivity index (χ0n) is 14.4. The Bertz CT molecular complexity index is 963. The maximum atomic E-state index is 12.3. The molecule has 7 heteroatoms. The summed E-state index contributed by atoms with van der Waals surface area (Å²) in [6, 6.07) is 16.0. The van der Waals surface area contributed by atoms with Crippen LogP contribution >= 0.6 is 23.2 Å². The highest BCUT2D eigenvalue weighted by molar-refractivity contribution is 6.35. The Labute approximate surface area is 166 Å². The summed E-state index contributed by atoms with van der Waals surface area (Å²) in [5.74, 6) is 0.941. The van der Waals surface area contributed by atoms with Crippen molar-refractivity contribution < 1.29 is 14.3 Å². The topological polar surface area (TPSA) is 60.5 Å². The first-order valence-corrected chi connectivity index (χ1v) is 8.85. The first kappa shape index (κ1) is 19.0. The highest BCUT2D eigenvalue weighted by Gasteiger charge is 2.12. The third kappa shape index (κ3) is 5.12. The average molecular weight is 403 g/mol. The maximum Gasteiger partial charge on any atom is 0.262 e. The van der Waals surface area contributed by atoms with Gasteiger partial charge in [0.1, 0.15) is 10.8 Å². The van der Waals surface area contributed by atoms with Gasteiger partial charge in [-0.3, -0.25) is 4.79 Å². The molecule has 0 aliphatic carbocycles. The number of anilines is 1. The molecule has 0 bridgehead atoms. The molecule has 1 amide bonds. The number of ether oxygens (including phenoxy) is 2. The van der Waals surface area contributed by atoms with Gasteiger partial charge in [0.2, 0.25) is 5.88 Å². The fraction of sp³-hybridized carbons (Fsp3) is 0.100. The number of amides is 1. The molecule has 0 unspecified atom stereocenters. The van der Waals surface area contributed by atoms with E-state index in [9.17, 15) is 4.79 Å². The van der Waals surface area contributed by atoms with Crippen molar-refractivity contribution in [2.75, 3.05) is 11.9 Å². The number of halogens is 2. The van der Waals surface area contributed by atoms with Crippen LogP contribution in [0, 0.1) is 6.92 Å². The second kappa shape index (κ2) is 8.75. The number of benzene rings is 2. The number of nitrogens with one attached hydrogen (secondary N) is 1. The third-order valence-electron chi connectivity index (χ3n) is 3.59. The van der Waals surface area contributed by atoms with Gasteiger partial charge in [0, 0.05) is 6.20 Å². The predicted octanol–water partition coefficient (Wildman–Crippen LogP) is 5.51. The van der Waals surface area contributed by atoms with Crippen LogP contribution in [0.15, 0.2) is 60.8 Å². The van der Waals surface area contributed by atoms with E-state index < -0.39 is 0 Å². The van der Waals surface area contributed by atoms with Crippen molar-refractivity contribution in [1.82, 2.24) is 4.98 Å². The molecule has 1 aromatic heterocycles. The van der Waals surface area contributed by atoms with Gasteiger partial charge >= 0.3 is 0 Å². The summed E-state index contributed by atoms with van der Waals surface area (Å²) in [7, 11) is 0. The van der Waals surface area contributed by atoms with Gasteiger partial charge in [-0.1, -0.05) is 53.5 Å². The minimum absolute atomic E-state index is 0.126. The number of hydrogen-bond acceptors (Lipinski definition) is 4. The Morgan fingerprint density at radius 3 is 2.52 bits per heavy atom. The molecule has 0 spiro atoms. The quantitative estimate of drug-likeness (QED) is 0.590. The van der Waals surface area contributed by atoms with E-state index in [1.54, 1.807) is 24.3 Å². The van der Waals surface area contributed by atoms with Crippen LogP contribution in [0.3, 0.4) is 0 Å². The minimum Gasteiger partial charge on any atom is -0.483 e. The second-order valence-electron chi connectivity index (χ2n) is 5.64. The van der Waals surface area contributed by atoms with Gasteiger partial charge in [-0.15, -0.1) is 0 Å². The van der Waals surface area contributed by atoms with Crippen LogP contribution in [0.25, 0.3) is 0 Å². The lowest BCUT2D eigenvalue weighted by molar-refractivity contribution is -0.118. The summed E-state index contributed by atoms with van der Waals surface area (Å²) in [5, 5.41) is 3.44. The summed E-state index contributed by atoms with van der Waals surface area (Å²) in [5.41, 5.74) is 1.43. The molecule has 0 aliphatic heterocycles. The van der Waals surface area contributed by atoms with Gasteiger partial charge in [-0.05, 0) is 36.8 Å².